The first kappa shape index (κ1) is 14.1. The van der Waals surface area contributed by atoms with Gasteiger partial charge in [0.25, 0.3) is 0 Å². The van der Waals surface area contributed by atoms with Crippen LogP contribution in [0.15, 0.2) is 36.6 Å². The zero-order valence-corrected chi connectivity index (χ0v) is 12.4. The quantitative estimate of drug-likeness (QED) is 0.926. The van der Waals surface area contributed by atoms with Gasteiger partial charge in [-0.05, 0) is 37.0 Å². The fourth-order valence-electron chi connectivity index (χ4n) is 3.12. The van der Waals surface area contributed by atoms with Crippen molar-refractivity contribution in [1.29, 1.82) is 0 Å². The number of carbonyl (C=O) groups excluding carboxylic acids is 1. The maximum absolute atomic E-state index is 12.4. The van der Waals surface area contributed by atoms with Gasteiger partial charge in [-0.3, -0.25) is 9.69 Å². The van der Waals surface area contributed by atoms with Gasteiger partial charge in [-0.25, -0.2) is 0 Å². The Labute approximate surface area is 125 Å². The third-order valence-electron chi connectivity index (χ3n) is 4.26. The van der Waals surface area contributed by atoms with Crippen LogP contribution in [0.1, 0.15) is 30.0 Å². The Morgan fingerprint density at radius 1 is 1.38 bits per heavy atom. The molecule has 3 rings (SSSR count). The van der Waals surface area contributed by atoms with E-state index in [-0.39, 0.29) is 18.1 Å². The van der Waals surface area contributed by atoms with E-state index in [0.717, 1.165) is 37.1 Å². The molecule has 1 aromatic carbocycles. The predicted octanol–water partition coefficient (Wildman–Crippen LogP) is 2.16. The number of amides is 1. The number of hydrogen-bond acceptors (Lipinski definition) is 3. The summed E-state index contributed by atoms with van der Waals surface area (Å²) in [5.74, 6) is 0.0990. The lowest BCUT2D eigenvalue weighted by molar-refractivity contribution is -0.130. The normalized spacial score (nSPS) is 26.2. The molecule has 0 aliphatic carbocycles. The summed E-state index contributed by atoms with van der Waals surface area (Å²) >= 11 is 0. The van der Waals surface area contributed by atoms with Crippen molar-refractivity contribution in [2.24, 2.45) is 0 Å². The van der Waals surface area contributed by atoms with E-state index < -0.39 is 0 Å². The number of nitrogens with zero attached hydrogens (tertiary/aromatic N) is 1. The lowest BCUT2D eigenvalue weighted by Crippen LogP contribution is -2.52. The second-order valence-corrected chi connectivity index (χ2v) is 5.75. The Morgan fingerprint density at radius 2 is 2.24 bits per heavy atom. The van der Waals surface area contributed by atoms with Gasteiger partial charge >= 0.3 is 0 Å². The molecule has 1 saturated heterocycles. The number of carbonyl (C=O) groups is 1. The number of allylic oxidation sites excluding steroid dienone is 1. The van der Waals surface area contributed by atoms with E-state index in [9.17, 15) is 4.79 Å². The molecule has 0 aromatic heterocycles. The summed E-state index contributed by atoms with van der Waals surface area (Å²) in [5, 5.41) is 2.99. The minimum atomic E-state index is -0.200. The third kappa shape index (κ3) is 3.10. The van der Waals surface area contributed by atoms with E-state index in [2.05, 4.69) is 35.3 Å². The summed E-state index contributed by atoms with van der Waals surface area (Å²) in [6, 6.07) is 7.94. The predicted molar refractivity (Wildman–Crippen MR) is 81.7 cm³/mol. The van der Waals surface area contributed by atoms with Crippen LogP contribution in [0.5, 0.6) is 0 Å². The smallest absolute Gasteiger partial charge is 0.242 e. The number of piperazine rings is 1. The maximum Gasteiger partial charge on any atom is 0.242 e. The minimum absolute atomic E-state index is 0.0990. The van der Waals surface area contributed by atoms with Crippen LogP contribution in [-0.4, -0.2) is 36.5 Å². The molecule has 1 amide bonds. The lowest BCUT2D eigenvalue weighted by Gasteiger charge is -2.38. The monoisotopic (exact) mass is 286 g/mol. The van der Waals surface area contributed by atoms with Gasteiger partial charge in [0, 0.05) is 19.6 Å². The van der Waals surface area contributed by atoms with Gasteiger partial charge in [0.1, 0.15) is 12.1 Å². The van der Waals surface area contributed by atoms with Crippen LogP contribution in [0.4, 0.5) is 0 Å². The number of benzene rings is 1. The largest absolute Gasteiger partial charge is 0.497 e. The maximum atomic E-state index is 12.4. The molecular weight excluding hydrogens is 264 g/mol. The van der Waals surface area contributed by atoms with E-state index in [0.29, 0.717) is 6.54 Å². The zero-order chi connectivity index (χ0) is 14.7. The zero-order valence-electron chi connectivity index (χ0n) is 12.4. The van der Waals surface area contributed by atoms with Gasteiger partial charge in [0.05, 0.1) is 6.26 Å². The molecule has 21 heavy (non-hydrogen) atoms. The molecule has 4 nitrogen and oxygen atoms in total. The molecule has 2 atom stereocenters. The van der Waals surface area contributed by atoms with Gasteiger partial charge in [-0.1, -0.05) is 24.3 Å². The Morgan fingerprint density at radius 3 is 3.00 bits per heavy atom. The van der Waals surface area contributed by atoms with Crippen LogP contribution in [0, 0.1) is 6.92 Å². The number of hydrogen-bond donors (Lipinski definition) is 1. The average molecular weight is 286 g/mol. The first-order valence-corrected chi connectivity index (χ1v) is 7.63. The molecule has 1 N–H and O–H groups in total. The highest BCUT2D eigenvalue weighted by Crippen LogP contribution is 2.27. The van der Waals surface area contributed by atoms with Gasteiger partial charge in [0.15, 0.2) is 0 Å². The standard InChI is InChI=1S/C17H22N2O2/c1-13-6-2-3-8-15(13)16-17(20)18-9-10-19(16)12-14-7-4-5-11-21-14/h2-3,5-6,8,11,14,16H,4,7,9-10,12H2,1H3,(H,18,20)/t14-,16-/m1/s1. The Bertz CT molecular complexity index is 541. The van der Waals surface area contributed by atoms with Crippen LogP contribution < -0.4 is 5.32 Å². The number of aryl methyl sites for hydroxylation is 1. The molecule has 2 heterocycles. The van der Waals surface area contributed by atoms with Gasteiger partial charge in [-0.15, -0.1) is 0 Å². The van der Waals surface area contributed by atoms with Crippen LogP contribution in [0.25, 0.3) is 0 Å². The molecule has 2 aliphatic heterocycles. The average Bonchev–Trinajstić information content (AvgIpc) is 2.50. The second-order valence-electron chi connectivity index (χ2n) is 5.75. The molecule has 0 saturated carbocycles. The molecule has 1 aromatic rings. The Kier molecular flexibility index (Phi) is 4.25. The van der Waals surface area contributed by atoms with Crippen molar-refractivity contribution in [1.82, 2.24) is 10.2 Å². The van der Waals surface area contributed by atoms with Crippen LogP contribution >= 0.6 is 0 Å². The molecular formula is C17H22N2O2. The molecule has 1 fully saturated rings. The van der Waals surface area contributed by atoms with Crippen molar-refractivity contribution >= 4 is 5.91 Å². The molecule has 0 radical (unpaired) electrons. The highest BCUT2D eigenvalue weighted by Gasteiger charge is 2.33. The molecule has 0 bridgehead atoms. The van der Waals surface area contributed by atoms with Crippen LogP contribution in [0.3, 0.4) is 0 Å². The molecule has 0 spiro atoms. The van der Waals surface area contributed by atoms with Gasteiger partial charge in [0.2, 0.25) is 5.91 Å². The Hall–Kier alpha value is -1.81. The van der Waals surface area contributed by atoms with E-state index >= 15 is 0 Å². The van der Waals surface area contributed by atoms with E-state index in [1.54, 1.807) is 6.26 Å². The van der Waals surface area contributed by atoms with Crippen molar-refractivity contribution in [3.63, 3.8) is 0 Å². The van der Waals surface area contributed by atoms with Crippen LogP contribution in [0.2, 0.25) is 0 Å². The Balaban J connectivity index is 1.81. The van der Waals surface area contributed by atoms with Crippen molar-refractivity contribution in [3.8, 4) is 0 Å². The van der Waals surface area contributed by atoms with E-state index in [4.69, 9.17) is 4.74 Å². The van der Waals surface area contributed by atoms with Gasteiger partial charge < -0.3 is 10.1 Å². The highest BCUT2D eigenvalue weighted by atomic mass is 16.5. The van der Waals surface area contributed by atoms with E-state index in [1.807, 2.05) is 12.1 Å². The first-order chi connectivity index (χ1) is 10.3. The number of nitrogens with one attached hydrogen (secondary N) is 1. The summed E-state index contributed by atoms with van der Waals surface area (Å²) in [7, 11) is 0. The lowest BCUT2D eigenvalue weighted by atomic mass is 9.97. The summed E-state index contributed by atoms with van der Waals surface area (Å²) in [6.45, 7) is 4.45. The first-order valence-electron chi connectivity index (χ1n) is 7.63. The molecule has 2 aliphatic rings. The summed E-state index contributed by atoms with van der Waals surface area (Å²) in [4.78, 5) is 14.6. The SMILES string of the molecule is Cc1ccccc1[C@@H]1C(=O)NCCN1C[C@H]1CCC=CO1. The topological polar surface area (TPSA) is 41.6 Å². The summed E-state index contributed by atoms with van der Waals surface area (Å²) in [5.41, 5.74) is 2.26. The van der Waals surface area contributed by atoms with Crippen molar-refractivity contribution in [2.45, 2.75) is 31.9 Å². The number of rotatable bonds is 3. The van der Waals surface area contributed by atoms with Gasteiger partial charge in [-0.2, -0.15) is 0 Å². The summed E-state index contributed by atoms with van der Waals surface area (Å²) < 4.78 is 5.68. The van der Waals surface area contributed by atoms with Crippen molar-refractivity contribution < 1.29 is 9.53 Å². The third-order valence-corrected chi connectivity index (χ3v) is 4.26. The van der Waals surface area contributed by atoms with Crippen molar-refractivity contribution in [3.05, 3.63) is 47.7 Å². The summed E-state index contributed by atoms with van der Waals surface area (Å²) in [6.07, 6.45) is 6.11. The molecule has 112 valence electrons. The van der Waals surface area contributed by atoms with Crippen LogP contribution in [-0.2, 0) is 9.53 Å². The fourth-order valence-corrected chi connectivity index (χ4v) is 3.12. The fraction of sp³-hybridized carbons (Fsp3) is 0.471. The van der Waals surface area contributed by atoms with Crippen molar-refractivity contribution in [2.75, 3.05) is 19.6 Å². The highest BCUT2D eigenvalue weighted by molar-refractivity contribution is 5.84. The minimum Gasteiger partial charge on any atom is -0.497 e. The molecule has 4 heteroatoms. The van der Waals surface area contributed by atoms with E-state index in [1.165, 1.54) is 0 Å². The second kappa shape index (κ2) is 6.31. The number of ether oxygens (including phenoxy) is 1. The molecule has 0 unspecified atom stereocenters.